The number of rotatable bonds is 12. The average Bonchev–Trinajstić information content (AvgIpc) is 3.38. The minimum Gasteiger partial charge on any atom is -0.256 e. The first-order valence-corrected chi connectivity index (χ1v) is 21.3. The minimum atomic E-state index is -4.42. The van der Waals surface area contributed by atoms with E-state index in [0.29, 0.717) is 45.5 Å². The number of aliphatic imine (C=N–C) groups is 2. The van der Waals surface area contributed by atoms with Crippen LogP contribution in [0.1, 0.15) is 22.3 Å². The van der Waals surface area contributed by atoms with Gasteiger partial charge in [0.15, 0.2) is 0 Å². The van der Waals surface area contributed by atoms with E-state index in [1.807, 2.05) is 97.1 Å². The van der Waals surface area contributed by atoms with E-state index in [9.17, 15) is 26.3 Å². The third-order valence-corrected chi connectivity index (χ3v) is 10.6. The molecule has 0 saturated carbocycles. The summed E-state index contributed by atoms with van der Waals surface area (Å²) in [5, 5.41) is 37.6. The van der Waals surface area contributed by atoms with E-state index >= 15 is 0 Å². The van der Waals surface area contributed by atoms with Gasteiger partial charge in [-0.25, -0.2) is 0 Å². The molecule has 10 nitrogen and oxygen atoms in total. The molecule has 70 heavy (non-hydrogen) atoms. The smallest absolute Gasteiger partial charge is 0.256 e. The normalized spacial score (nSPS) is 12.7. The van der Waals surface area contributed by atoms with Gasteiger partial charge < -0.3 is 0 Å². The number of hydrogen-bond acceptors (Lipinski definition) is 10. The monoisotopic (exact) mass is 936 g/mol. The summed E-state index contributed by atoms with van der Waals surface area (Å²) in [6.45, 7) is 0. The molecule has 0 saturated heterocycles. The first kappa shape index (κ1) is 46.0. The molecular formula is C54H34F6N10. The lowest BCUT2D eigenvalue weighted by atomic mass is 10.1. The second-order valence-corrected chi connectivity index (χ2v) is 15.4. The Hall–Kier alpha value is -9.18. The maximum atomic E-state index is 12.9. The quantitative estimate of drug-likeness (QED) is 0.0658. The maximum Gasteiger partial charge on any atom is 0.416 e. The van der Waals surface area contributed by atoms with E-state index in [4.69, 9.17) is 9.98 Å². The molecule has 16 heteroatoms. The van der Waals surface area contributed by atoms with E-state index in [0.717, 1.165) is 68.3 Å². The molecule has 342 valence electrons. The van der Waals surface area contributed by atoms with Gasteiger partial charge in [0.05, 0.1) is 68.0 Å². The van der Waals surface area contributed by atoms with Crippen LogP contribution in [0.3, 0.4) is 0 Å². The average molecular weight is 937 g/mol. The summed E-state index contributed by atoms with van der Waals surface area (Å²) in [6.07, 6.45) is -5.24. The number of nitrogens with zero attached hydrogens (tertiary/aromatic N) is 10. The van der Waals surface area contributed by atoms with Gasteiger partial charge in [0.1, 0.15) is 0 Å². The number of alkyl halides is 6. The van der Waals surface area contributed by atoms with Crippen LogP contribution in [0.4, 0.5) is 83.2 Å². The highest BCUT2D eigenvalue weighted by molar-refractivity contribution is 6.02. The van der Waals surface area contributed by atoms with Gasteiger partial charge in [-0.2, -0.15) is 57.0 Å². The van der Waals surface area contributed by atoms with Crippen LogP contribution in [-0.2, 0) is 12.4 Å². The third kappa shape index (κ3) is 11.5. The van der Waals surface area contributed by atoms with Gasteiger partial charge in [0, 0.05) is 34.0 Å². The van der Waals surface area contributed by atoms with Crippen LogP contribution in [0.15, 0.2) is 245 Å². The lowest BCUT2D eigenvalue weighted by Gasteiger charge is -2.05. The van der Waals surface area contributed by atoms with E-state index in [1.54, 1.807) is 61.0 Å². The van der Waals surface area contributed by atoms with E-state index in [-0.39, 0.29) is 0 Å². The van der Waals surface area contributed by atoms with Crippen LogP contribution < -0.4 is 0 Å². The van der Waals surface area contributed by atoms with E-state index in [1.165, 1.54) is 24.3 Å². The highest BCUT2D eigenvalue weighted by Gasteiger charge is 2.30. The largest absolute Gasteiger partial charge is 0.416 e. The number of benzene rings is 9. The van der Waals surface area contributed by atoms with Crippen molar-refractivity contribution in [1.82, 2.24) is 0 Å². The molecule has 0 radical (unpaired) electrons. The second kappa shape index (κ2) is 20.4. The van der Waals surface area contributed by atoms with Crippen LogP contribution in [0.2, 0.25) is 0 Å². The standard InChI is InChI=1S/C54H34F6N10/c55-53(56,57)37-13-17-39(18-14-37)63-65-41-21-25-43(26-22-41)67-69-51-31-29-49(45-5-1-3-7-47(45)51)61-33-35-9-11-36(12-10-35)34-62-50-30-32-52(48-8-4-2-6-46(48)50)70-68-44-27-23-42(24-28-44)66-64-40-19-15-38(16-20-40)54(58,59)60/h1-34H/b61-33+,62-34+,65-63+,66-64+,69-67+,70-68+. The van der Waals surface area contributed by atoms with Crippen LogP contribution in [0, 0.1) is 0 Å². The van der Waals surface area contributed by atoms with Crippen LogP contribution in [-0.4, -0.2) is 12.4 Å². The predicted octanol–water partition coefficient (Wildman–Crippen LogP) is 19.2. The van der Waals surface area contributed by atoms with Crippen molar-refractivity contribution in [1.29, 1.82) is 0 Å². The molecule has 9 aromatic rings. The summed E-state index contributed by atoms with van der Waals surface area (Å²) in [5.41, 5.74) is 5.87. The summed E-state index contributed by atoms with van der Waals surface area (Å²) in [4.78, 5) is 9.61. The van der Waals surface area contributed by atoms with E-state index in [2.05, 4.69) is 40.9 Å². The maximum absolute atomic E-state index is 12.9. The number of azo groups is 4. The van der Waals surface area contributed by atoms with Crippen LogP contribution >= 0.6 is 0 Å². The lowest BCUT2D eigenvalue weighted by Crippen LogP contribution is -2.03. The molecule has 0 heterocycles. The fourth-order valence-electron chi connectivity index (χ4n) is 6.95. The molecule has 0 aliphatic carbocycles. The van der Waals surface area contributed by atoms with Crippen LogP contribution in [0.5, 0.6) is 0 Å². The Morgan fingerprint density at radius 3 is 0.786 bits per heavy atom. The summed E-state index contributed by atoms with van der Waals surface area (Å²) >= 11 is 0. The highest BCUT2D eigenvalue weighted by Crippen LogP contribution is 2.37. The molecule has 0 N–H and O–H groups in total. The molecule has 0 aromatic heterocycles. The van der Waals surface area contributed by atoms with Gasteiger partial charge in [0.25, 0.3) is 0 Å². The third-order valence-electron chi connectivity index (χ3n) is 10.6. The molecular weight excluding hydrogens is 903 g/mol. The molecule has 0 spiro atoms. The topological polar surface area (TPSA) is 124 Å². The highest BCUT2D eigenvalue weighted by atomic mass is 19.4. The van der Waals surface area contributed by atoms with Crippen molar-refractivity contribution in [2.75, 3.05) is 0 Å². The molecule has 0 unspecified atom stereocenters. The molecule has 9 aromatic carbocycles. The van der Waals surface area contributed by atoms with Crippen molar-refractivity contribution in [3.05, 3.63) is 216 Å². The number of fused-ring (bicyclic) bond motifs is 2. The fourth-order valence-corrected chi connectivity index (χ4v) is 6.95. The number of hydrogen-bond donors (Lipinski definition) is 0. The SMILES string of the molecule is FC(F)(F)c1ccc(/N=N/c2ccc(/N=N/c3ccc(/N=C/c4ccc(/C=N/c5ccc(/N=N/c6ccc(/N=N/c7ccc(C(F)(F)F)cc7)cc6)c6ccccc56)cc4)c4ccccc34)cc2)cc1. The Morgan fingerprint density at radius 1 is 0.257 bits per heavy atom. The molecule has 0 atom stereocenters. The van der Waals surface area contributed by atoms with E-state index < -0.39 is 23.5 Å². The van der Waals surface area contributed by atoms with Gasteiger partial charge in [-0.3, -0.25) is 9.98 Å². The number of halogens is 6. The summed E-state index contributed by atoms with van der Waals surface area (Å²) in [5.74, 6) is 0. The zero-order valence-corrected chi connectivity index (χ0v) is 36.4. The molecule has 0 fully saturated rings. The molecule has 0 bridgehead atoms. The van der Waals surface area contributed by atoms with Gasteiger partial charge in [0.2, 0.25) is 0 Å². The Kier molecular flexibility index (Phi) is 13.4. The summed E-state index contributed by atoms with van der Waals surface area (Å²) in [7, 11) is 0. The van der Waals surface area contributed by atoms with Gasteiger partial charge in [-0.15, -0.1) is 10.2 Å². The van der Waals surface area contributed by atoms with Crippen molar-refractivity contribution in [2.45, 2.75) is 12.4 Å². The molecule has 0 amide bonds. The second-order valence-electron chi connectivity index (χ2n) is 15.4. The Balaban J connectivity index is 0.821. The Bertz CT molecular complexity index is 3240. The molecule has 0 aliphatic heterocycles. The summed E-state index contributed by atoms with van der Waals surface area (Å²) < 4.78 is 77.1. The zero-order chi connectivity index (χ0) is 48.5. The van der Waals surface area contributed by atoms with Crippen molar-refractivity contribution in [3.63, 3.8) is 0 Å². The predicted molar refractivity (Wildman–Crippen MR) is 261 cm³/mol. The summed E-state index contributed by atoms with van der Waals surface area (Å²) in [6, 6.07) is 53.5. The Labute approximate surface area is 395 Å². The van der Waals surface area contributed by atoms with Crippen molar-refractivity contribution >= 4 is 90.8 Å². The van der Waals surface area contributed by atoms with Crippen molar-refractivity contribution in [2.24, 2.45) is 50.9 Å². The van der Waals surface area contributed by atoms with Gasteiger partial charge in [-0.05, 0) is 132 Å². The zero-order valence-electron chi connectivity index (χ0n) is 36.4. The van der Waals surface area contributed by atoms with Crippen molar-refractivity contribution < 1.29 is 26.3 Å². The van der Waals surface area contributed by atoms with Crippen molar-refractivity contribution in [3.8, 4) is 0 Å². The van der Waals surface area contributed by atoms with Crippen LogP contribution in [0.25, 0.3) is 21.5 Å². The van der Waals surface area contributed by atoms with Gasteiger partial charge in [-0.1, -0.05) is 72.8 Å². The lowest BCUT2D eigenvalue weighted by molar-refractivity contribution is -0.138. The molecule has 9 rings (SSSR count). The first-order chi connectivity index (χ1) is 33.9. The molecule has 0 aliphatic rings. The fraction of sp³-hybridized carbons (Fsp3) is 0.0370. The first-order valence-electron chi connectivity index (χ1n) is 21.3. The minimum absolute atomic E-state index is 0.297. The van der Waals surface area contributed by atoms with Gasteiger partial charge >= 0.3 is 12.4 Å². The Morgan fingerprint density at radius 2 is 0.500 bits per heavy atom.